The predicted molar refractivity (Wildman–Crippen MR) is 45.6 cm³/mol. The normalized spacial score (nSPS) is 12.3. The fourth-order valence-electron chi connectivity index (χ4n) is 0.968. The van der Waals surface area contributed by atoms with Gasteiger partial charge in [0.1, 0.15) is 7.05 Å². The maximum absolute atomic E-state index is 9.14. The van der Waals surface area contributed by atoms with Gasteiger partial charge in [-0.05, 0) is 6.92 Å². The summed E-state index contributed by atoms with van der Waals surface area (Å²) in [7, 11) is 2.03. The lowest BCUT2D eigenvalue weighted by molar-refractivity contribution is -0.673. The van der Waals surface area contributed by atoms with Crippen LogP contribution in [0, 0.1) is 6.92 Å². The van der Waals surface area contributed by atoms with Gasteiger partial charge in [-0.1, -0.05) is 11.3 Å². The zero-order valence-corrected chi connectivity index (χ0v) is 10.5. The van der Waals surface area contributed by atoms with Gasteiger partial charge in [0.05, 0.1) is 11.0 Å². The summed E-state index contributed by atoms with van der Waals surface area (Å²) in [6.45, 7) is 3.90. The molecule has 0 aliphatic rings. The first-order valence-corrected chi connectivity index (χ1v) is 4.60. The van der Waals surface area contributed by atoms with Crippen molar-refractivity contribution in [1.29, 1.82) is 0 Å². The Morgan fingerprint density at radius 2 is 2.25 bits per heavy atom. The van der Waals surface area contributed by atoms with E-state index in [1.54, 1.807) is 11.3 Å². The minimum atomic E-state index is -0.229. The van der Waals surface area contributed by atoms with Crippen molar-refractivity contribution in [3.8, 4) is 0 Å². The van der Waals surface area contributed by atoms with Crippen LogP contribution in [0.4, 0.5) is 0 Å². The van der Waals surface area contributed by atoms with Crippen LogP contribution in [0.5, 0.6) is 0 Å². The summed E-state index contributed by atoms with van der Waals surface area (Å²) in [6.07, 6.45) is 0.546. The van der Waals surface area contributed by atoms with Crippen molar-refractivity contribution in [2.75, 3.05) is 0 Å². The molecule has 2 nitrogen and oxygen atoms in total. The van der Waals surface area contributed by atoms with Crippen LogP contribution < -0.4 is 28.5 Å². The van der Waals surface area contributed by atoms with Crippen LogP contribution in [0.1, 0.15) is 17.5 Å². The number of hydrogen-bond acceptors (Lipinski definition) is 2. The third-order valence-corrected chi connectivity index (χ3v) is 2.93. The fourth-order valence-corrected chi connectivity index (χ4v) is 2.06. The smallest absolute Gasteiger partial charge is 0.224 e. The number of aryl methyl sites for hydroxylation is 1. The molecule has 1 N–H and O–H groups in total. The van der Waals surface area contributed by atoms with Crippen molar-refractivity contribution in [3.63, 3.8) is 0 Å². The maximum atomic E-state index is 9.14. The largest absolute Gasteiger partial charge is 1.00 e. The molecule has 0 amide bonds. The summed E-state index contributed by atoms with van der Waals surface area (Å²) < 4.78 is 2.09. The van der Waals surface area contributed by atoms with Gasteiger partial charge >= 0.3 is 0 Å². The Bertz CT molecular complexity index is 247. The molecule has 1 aromatic heterocycles. The Labute approximate surface area is 94.3 Å². The number of thiazole rings is 1. The van der Waals surface area contributed by atoms with Crippen molar-refractivity contribution in [2.45, 2.75) is 26.4 Å². The van der Waals surface area contributed by atoms with Crippen LogP contribution in [0.3, 0.4) is 0 Å². The van der Waals surface area contributed by atoms with Crippen molar-refractivity contribution in [2.24, 2.45) is 7.05 Å². The molecular weight excluding hydrogens is 285 g/mol. The zero-order chi connectivity index (χ0) is 8.43. The molecular formula is C8H14INOS. The van der Waals surface area contributed by atoms with E-state index < -0.39 is 0 Å². The second kappa shape index (κ2) is 5.14. The number of nitrogens with zero attached hydrogens (tertiary/aromatic N) is 1. The molecule has 0 aromatic carbocycles. The number of aliphatic hydroxyl groups is 1. The van der Waals surface area contributed by atoms with Crippen molar-refractivity contribution < 1.29 is 33.7 Å². The quantitative estimate of drug-likeness (QED) is 0.487. The Balaban J connectivity index is 0.00000121. The summed E-state index contributed by atoms with van der Waals surface area (Å²) in [6, 6.07) is 0. The highest BCUT2D eigenvalue weighted by molar-refractivity contribution is 7.09. The molecule has 0 aliphatic carbocycles. The Hall–Kier alpha value is 0.320. The lowest BCUT2D eigenvalue weighted by Gasteiger charge is -1.98. The zero-order valence-electron chi connectivity index (χ0n) is 7.54. The Morgan fingerprint density at radius 1 is 1.67 bits per heavy atom. The maximum Gasteiger partial charge on any atom is 0.224 e. The number of aliphatic hydroxyl groups excluding tert-OH is 1. The highest BCUT2D eigenvalue weighted by atomic mass is 127. The standard InChI is InChI=1S/C8H14NOS.HI/c1-6(10)4-8-7(2)9(3)5-11-8;/h5-6,10H,4H2,1-3H3;1H/q+1;/p-1. The molecule has 1 aromatic rings. The summed E-state index contributed by atoms with van der Waals surface area (Å²) in [4.78, 5) is 1.28. The molecule has 0 radical (unpaired) electrons. The first kappa shape index (κ1) is 12.3. The van der Waals surface area contributed by atoms with Gasteiger partial charge < -0.3 is 29.1 Å². The first-order valence-electron chi connectivity index (χ1n) is 3.72. The molecule has 1 rings (SSSR count). The van der Waals surface area contributed by atoms with Crippen molar-refractivity contribution >= 4 is 11.3 Å². The number of halogens is 1. The molecule has 0 saturated carbocycles. The third-order valence-electron chi connectivity index (χ3n) is 1.77. The second-order valence-corrected chi connectivity index (χ2v) is 3.84. The highest BCUT2D eigenvalue weighted by Crippen LogP contribution is 2.12. The van der Waals surface area contributed by atoms with Crippen molar-refractivity contribution in [3.05, 3.63) is 16.1 Å². The monoisotopic (exact) mass is 299 g/mol. The molecule has 0 saturated heterocycles. The molecule has 0 bridgehead atoms. The van der Waals surface area contributed by atoms with E-state index in [1.165, 1.54) is 10.6 Å². The minimum absolute atomic E-state index is 0. The molecule has 0 spiro atoms. The summed E-state index contributed by atoms with van der Waals surface area (Å²) in [5.74, 6) is 0. The van der Waals surface area contributed by atoms with Gasteiger partial charge in [-0.2, -0.15) is 4.57 Å². The number of aromatic nitrogens is 1. The van der Waals surface area contributed by atoms with Crippen molar-refractivity contribution in [1.82, 2.24) is 0 Å². The summed E-state index contributed by atoms with van der Waals surface area (Å²) >= 11 is 1.71. The van der Waals surface area contributed by atoms with E-state index in [0.29, 0.717) is 0 Å². The van der Waals surface area contributed by atoms with Crippen LogP contribution in [0.25, 0.3) is 0 Å². The molecule has 4 heteroatoms. The van der Waals surface area contributed by atoms with Gasteiger partial charge in [-0.15, -0.1) is 0 Å². The van der Waals surface area contributed by atoms with E-state index in [1.807, 2.05) is 14.0 Å². The molecule has 70 valence electrons. The third kappa shape index (κ3) is 2.99. The topological polar surface area (TPSA) is 24.1 Å². The molecule has 0 aliphatic heterocycles. The van der Waals surface area contributed by atoms with Crippen LogP contribution >= 0.6 is 11.3 Å². The van der Waals surface area contributed by atoms with E-state index in [2.05, 4.69) is 17.0 Å². The van der Waals surface area contributed by atoms with Crippen LogP contribution in [0.2, 0.25) is 0 Å². The molecule has 12 heavy (non-hydrogen) atoms. The lowest BCUT2D eigenvalue weighted by atomic mass is 10.2. The SMILES string of the molecule is Cc1c(CC(C)O)sc[n+]1C.[I-]. The van der Waals surface area contributed by atoms with Crippen LogP contribution in [-0.2, 0) is 13.5 Å². The van der Waals surface area contributed by atoms with Gasteiger partial charge in [0.25, 0.3) is 0 Å². The molecule has 1 heterocycles. The average molecular weight is 299 g/mol. The van der Waals surface area contributed by atoms with Gasteiger partial charge in [-0.3, -0.25) is 0 Å². The van der Waals surface area contributed by atoms with Gasteiger partial charge in [0, 0.05) is 13.3 Å². The second-order valence-electron chi connectivity index (χ2n) is 2.90. The Morgan fingerprint density at radius 3 is 2.58 bits per heavy atom. The van der Waals surface area contributed by atoms with Gasteiger partial charge in [0.15, 0.2) is 5.69 Å². The average Bonchev–Trinajstić information content (AvgIpc) is 2.18. The van der Waals surface area contributed by atoms with E-state index in [4.69, 9.17) is 5.11 Å². The molecule has 1 atom stereocenters. The first-order chi connectivity index (χ1) is 5.11. The lowest BCUT2D eigenvalue weighted by Crippen LogP contribution is -3.00. The fraction of sp³-hybridized carbons (Fsp3) is 0.625. The van der Waals surface area contributed by atoms with E-state index in [-0.39, 0.29) is 30.1 Å². The van der Waals surface area contributed by atoms with Crippen LogP contribution in [-0.4, -0.2) is 11.2 Å². The highest BCUT2D eigenvalue weighted by Gasteiger charge is 2.12. The Kier molecular flexibility index (Phi) is 5.27. The molecule has 0 fully saturated rings. The van der Waals surface area contributed by atoms with E-state index in [0.717, 1.165) is 6.42 Å². The van der Waals surface area contributed by atoms with E-state index in [9.17, 15) is 0 Å². The summed E-state index contributed by atoms with van der Waals surface area (Å²) in [5, 5.41) is 9.14. The van der Waals surface area contributed by atoms with Gasteiger partial charge in [0.2, 0.25) is 5.51 Å². The predicted octanol–water partition coefficient (Wildman–Crippen LogP) is -2.19. The van der Waals surface area contributed by atoms with Gasteiger partial charge in [-0.25, -0.2) is 0 Å². The molecule has 1 unspecified atom stereocenters. The van der Waals surface area contributed by atoms with E-state index >= 15 is 0 Å². The number of hydrogen-bond donors (Lipinski definition) is 1. The number of rotatable bonds is 2. The minimum Gasteiger partial charge on any atom is -1.00 e. The summed E-state index contributed by atoms with van der Waals surface area (Å²) in [5.41, 5.74) is 3.32. The van der Waals surface area contributed by atoms with Crippen LogP contribution in [0.15, 0.2) is 5.51 Å².